The molecule has 0 aromatic heterocycles. The molecule has 1 atom stereocenters. The first-order chi connectivity index (χ1) is 13.3. The largest absolute Gasteiger partial charge is 0.573 e. The maximum Gasteiger partial charge on any atom is 0.573 e. The van der Waals surface area contributed by atoms with Crippen LogP contribution in [0.15, 0.2) is 24.3 Å². The SMILES string of the molecule is O=C(Oc1ccc(OC(F)(F)F)cc1)N1CC(N2CCCS2(=O)=O)CC(F)(F)C1. The Bertz CT molecular complexity index is 859. The summed E-state index contributed by atoms with van der Waals surface area (Å²) in [5.41, 5.74) is 0. The van der Waals surface area contributed by atoms with E-state index in [0.29, 0.717) is 11.3 Å². The Balaban J connectivity index is 1.68. The second-order valence-electron chi connectivity index (χ2n) is 6.76. The smallest absolute Gasteiger partial charge is 0.410 e. The van der Waals surface area contributed by atoms with Gasteiger partial charge >= 0.3 is 12.5 Å². The standard InChI is InChI=1S/C16H17F5N2O5S/c17-15(18)8-11(23-6-1-7-29(23,25)26)9-22(10-15)14(24)27-12-2-4-13(5-3-12)28-16(19,20)21/h2-5,11H,1,6-10H2. The van der Waals surface area contributed by atoms with Gasteiger partial charge < -0.3 is 14.4 Å². The highest BCUT2D eigenvalue weighted by Gasteiger charge is 2.48. The molecule has 1 unspecified atom stereocenters. The lowest BCUT2D eigenvalue weighted by molar-refractivity contribution is -0.274. The van der Waals surface area contributed by atoms with Gasteiger partial charge in [0, 0.05) is 25.6 Å². The van der Waals surface area contributed by atoms with Crippen LogP contribution in [0.1, 0.15) is 12.8 Å². The fourth-order valence-corrected chi connectivity index (χ4v) is 5.08. The summed E-state index contributed by atoms with van der Waals surface area (Å²) in [6.07, 6.45) is -6.43. The van der Waals surface area contributed by atoms with Crippen molar-refractivity contribution in [1.29, 1.82) is 0 Å². The molecule has 0 bridgehead atoms. The van der Waals surface area contributed by atoms with E-state index < -0.39 is 53.2 Å². The molecular weight excluding hydrogens is 427 g/mol. The summed E-state index contributed by atoms with van der Waals surface area (Å²) in [6.45, 7) is -1.12. The van der Waals surface area contributed by atoms with Crippen molar-refractivity contribution in [2.45, 2.75) is 31.2 Å². The maximum atomic E-state index is 14.1. The van der Waals surface area contributed by atoms with Crippen LogP contribution in [0.2, 0.25) is 0 Å². The Kier molecular flexibility index (Phi) is 5.64. The van der Waals surface area contributed by atoms with E-state index in [4.69, 9.17) is 4.74 Å². The Morgan fingerprint density at radius 3 is 2.31 bits per heavy atom. The number of halogens is 5. The number of amides is 1. The molecule has 162 valence electrons. The number of hydrogen-bond donors (Lipinski definition) is 0. The number of alkyl halides is 5. The van der Waals surface area contributed by atoms with Crippen molar-refractivity contribution in [1.82, 2.24) is 9.21 Å². The van der Waals surface area contributed by atoms with Crippen LogP contribution in [0, 0.1) is 0 Å². The fraction of sp³-hybridized carbons (Fsp3) is 0.562. The van der Waals surface area contributed by atoms with E-state index >= 15 is 0 Å². The molecule has 2 heterocycles. The first kappa shape index (κ1) is 21.6. The van der Waals surface area contributed by atoms with Gasteiger partial charge in [0.25, 0.3) is 5.92 Å². The summed E-state index contributed by atoms with van der Waals surface area (Å²) in [4.78, 5) is 13.0. The Morgan fingerprint density at radius 2 is 1.76 bits per heavy atom. The number of ether oxygens (including phenoxy) is 2. The van der Waals surface area contributed by atoms with Gasteiger partial charge in [0.2, 0.25) is 10.0 Å². The predicted octanol–water partition coefficient (Wildman–Crippen LogP) is 2.83. The van der Waals surface area contributed by atoms with Crippen LogP contribution in [0.5, 0.6) is 11.5 Å². The molecule has 1 aromatic rings. The zero-order valence-electron chi connectivity index (χ0n) is 14.9. The summed E-state index contributed by atoms with van der Waals surface area (Å²) in [7, 11) is -3.65. The summed E-state index contributed by atoms with van der Waals surface area (Å²) in [6, 6.07) is 2.76. The Hall–Kier alpha value is -2.15. The lowest BCUT2D eigenvalue weighted by Crippen LogP contribution is -2.57. The molecule has 29 heavy (non-hydrogen) atoms. The molecule has 7 nitrogen and oxygen atoms in total. The first-order valence-corrected chi connectivity index (χ1v) is 10.2. The van der Waals surface area contributed by atoms with Gasteiger partial charge in [-0.05, 0) is 30.7 Å². The second kappa shape index (κ2) is 7.59. The van der Waals surface area contributed by atoms with E-state index in [1.807, 2.05) is 0 Å². The lowest BCUT2D eigenvalue weighted by atomic mass is 10.0. The van der Waals surface area contributed by atoms with Crippen LogP contribution < -0.4 is 9.47 Å². The van der Waals surface area contributed by atoms with Crippen LogP contribution in [0.4, 0.5) is 26.7 Å². The molecule has 2 aliphatic rings. The number of benzene rings is 1. The van der Waals surface area contributed by atoms with Gasteiger partial charge in [0.15, 0.2) is 0 Å². The van der Waals surface area contributed by atoms with Crippen LogP contribution in [-0.2, 0) is 10.0 Å². The quantitative estimate of drug-likeness (QED) is 0.671. The molecule has 0 aliphatic carbocycles. The average Bonchev–Trinajstić information content (AvgIpc) is 2.93. The van der Waals surface area contributed by atoms with E-state index in [1.54, 1.807) is 0 Å². The molecule has 1 aromatic carbocycles. The van der Waals surface area contributed by atoms with Crippen molar-refractivity contribution in [3.05, 3.63) is 24.3 Å². The number of nitrogens with zero attached hydrogens (tertiary/aromatic N) is 2. The van der Waals surface area contributed by atoms with Gasteiger partial charge in [-0.15, -0.1) is 13.2 Å². The van der Waals surface area contributed by atoms with Crippen LogP contribution in [0.25, 0.3) is 0 Å². The molecule has 0 spiro atoms. The highest BCUT2D eigenvalue weighted by molar-refractivity contribution is 7.89. The van der Waals surface area contributed by atoms with E-state index in [2.05, 4.69) is 4.74 Å². The topological polar surface area (TPSA) is 76.2 Å². The van der Waals surface area contributed by atoms with Crippen molar-refractivity contribution in [3.63, 3.8) is 0 Å². The molecule has 0 N–H and O–H groups in total. The number of carbonyl (C=O) groups is 1. The van der Waals surface area contributed by atoms with E-state index in [1.165, 1.54) is 0 Å². The first-order valence-electron chi connectivity index (χ1n) is 8.55. The maximum absolute atomic E-state index is 14.1. The Morgan fingerprint density at radius 1 is 1.14 bits per heavy atom. The molecule has 2 fully saturated rings. The van der Waals surface area contributed by atoms with Gasteiger partial charge in [0.05, 0.1) is 12.3 Å². The van der Waals surface area contributed by atoms with E-state index in [9.17, 15) is 35.2 Å². The molecule has 2 aliphatic heterocycles. The van der Waals surface area contributed by atoms with Crippen molar-refractivity contribution < 1.29 is 44.6 Å². The summed E-state index contributed by atoms with van der Waals surface area (Å²) in [5.74, 6) is -4.17. The number of hydrogen-bond acceptors (Lipinski definition) is 5. The molecule has 2 saturated heterocycles. The minimum absolute atomic E-state index is 0.104. The lowest BCUT2D eigenvalue weighted by Gasteiger charge is -2.39. The zero-order chi connectivity index (χ0) is 21.4. The van der Waals surface area contributed by atoms with Crippen molar-refractivity contribution >= 4 is 16.1 Å². The highest BCUT2D eigenvalue weighted by Crippen LogP contribution is 2.33. The third-order valence-electron chi connectivity index (χ3n) is 4.45. The molecule has 3 rings (SSSR count). The van der Waals surface area contributed by atoms with Gasteiger partial charge in [0.1, 0.15) is 11.5 Å². The minimum Gasteiger partial charge on any atom is -0.410 e. The van der Waals surface area contributed by atoms with Crippen molar-refractivity contribution in [2.24, 2.45) is 0 Å². The molecular formula is C16H17F5N2O5S. The zero-order valence-corrected chi connectivity index (χ0v) is 15.7. The third-order valence-corrected chi connectivity index (χ3v) is 6.45. The number of piperidine rings is 1. The van der Waals surface area contributed by atoms with Crippen LogP contribution in [0.3, 0.4) is 0 Å². The van der Waals surface area contributed by atoms with Gasteiger partial charge in [-0.3, -0.25) is 0 Å². The monoisotopic (exact) mass is 444 g/mol. The number of likely N-dealkylation sites (tertiary alicyclic amines) is 1. The number of rotatable bonds is 3. The summed E-state index contributed by atoms with van der Waals surface area (Å²) >= 11 is 0. The van der Waals surface area contributed by atoms with Gasteiger partial charge in [-0.2, -0.15) is 4.31 Å². The summed E-state index contributed by atoms with van der Waals surface area (Å²) < 4.78 is 98.4. The van der Waals surface area contributed by atoms with E-state index in [0.717, 1.165) is 28.6 Å². The Labute approximate surface area is 163 Å². The molecule has 0 radical (unpaired) electrons. The second-order valence-corrected chi connectivity index (χ2v) is 8.80. The van der Waals surface area contributed by atoms with Gasteiger partial charge in [-0.25, -0.2) is 22.0 Å². The number of sulfonamides is 1. The normalized spacial score (nSPS) is 24.3. The molecule has 0 saturated carbocycles. The van der Waals surface area contributed by atoms with Crippen LogP contribution >= 0.6 is 0 Å². The molecule has 1 amide bonds. The fourth-order valence-electron chi connectivity index (χ4n) is 3.35. The van der Waals surface area contributed by atoms with Crippen LogP contribution in [-0.4, -0.2) is 67.4 Å². The highest BCUT2D eigenvalue weighted by atomic mass is 32.2. The van der Waals surface area contributed by atoms with Gasteiger partial charge in [-0.1, -0.05) is 0 Å². The van der Waals surface area contributed by atoms with Crippen molar-refractivity contribution in [3.8, 4) is 11.5 Å². The molecule has 13 heteroatoms. The van der Waals surface area contributed by atoms with Crippen molar-refractivity contribution in [2.75, 3.05) is 25.4 Å². The van der Waals surface area contributed by atoms with E-state index in [-0.39, 0.29) is 24.6 Å². The third kappa shape index (κ3) is 5.47. The average molecular weight is 444 g/mol. The number of carbonyl (C=O) groups excluding carboxylic acids is 1. The predicted molar refractivity (Wildman–Crippen MR) is 89.2 cm³/mol. The summed E-state index contributed by atoms with van der Waals surface area (Å²) in [5, 5.41) is 0. The minimum atomic E-state index is -4.89.